The molecule has 5 heteroatoms. The van der Waals surface area contributed by atoms with Crippen molar-refractivity contribution in [2.75, 3.05) is 18.4 Å². The molecule has 2 atom stereocenters. The van der Waals surface area contributed by atoms with Gasteiger partial charge in [0, 0.05) is 30.7 Å². The highest BCUT2D eigenvalue weighted by Crippen LogP contribution is 2.23. The Labute approximate surface area is 136 Å². The molecule has 1 aliphatic heterocycles. The summed E-state index contributed by atoms with van der Waals surface area (Å²) in [6.45, 7) is 9.20. The summed E-state index contributed by atoms with van der Waals surface area (Å²) in [6, 6.07) is 8.38. The quantitative estimate of drug-likeness (QED) is 0.930. The number of anilines is 2. The monoisotopic (exact) mass is 317 g/mol. The van der Waals surface area contributed by atoms with Gasteiger partial charge >= 0.3 is 0 Å². The highest BCUT2D eigenvalue weighted by Gasteiger charge is 2.22. The van der Waals surface area contributed by atoms with Gasteiger partial charge in [0.15, 0.2) is 5.13 Å². The lowest BCUT2D eigenvalue weighted by atomic mass is 10.2. The smallest absolute Gasteiger partial charge is 0.187 e. The Balaban J connectivity index is 1.60. The fraction of sp³-hybridized carbons (Fsp3) is 0.471. The summed E-state index contributed by atoms with van der Waals surface area (Å²) in [6.07, 6.45) is 0.597. The maximum atomic E-state index is 5.78. The summed E-state index contributed by atoms with van der Waals surface area (Å²) >= 11 is 1.66. The Morgan fingerprint density at radius 1 is 1.23 bits per heavy atom. The summed E-state index contributed by atoms with van der Waals surface area (Å²) in [7, 11) is 0. The summed E-state index contributed by atoms with van der Waals surface area (Å²) in [5, 5.41) is 6.46. The molecule has 1 saturated heterocycles. The number of benzene rings is 1. The molecule has 22 heavy (non-hydrogen) atoms. The Kier molecular flexibility index (Phi) is 4.76. The van der Waals surface area contributed by atoms with E-state index in [4.69, 9.17) is 9.72 Å². The number of nitrogens with zero attached hydrogens (tertiary/aromatic N) is 2. The van der Waals surface area contributed by atoms with Gasteiger partial charge in [-0.05, 0) is 32.9 Å². The third-order valence-corrected chi connectivity index (χ3v) is 4.54. The van der Waals surface area contributed by atoms with Gasteiger partial charge in [-0.2, -0.15) is 0 Å². The molecule has 0 spiro atoms. The molecule has 0 saturated carbocycles. The van der Waals surface area contributed by atoms with E-state index in [9.17, 15) is 0 Å². The molecule has 0 aliphatic carbocycles. The molecule has 2 aromatic rings. The molecule has 0 radical (unpaired) electrons. The number of hydrogen-bond donors (Lipinski definition) is 1. The van der Waals surface area contributed by atoms with E-state index in [1.165, 1.54) is 5.56 Å². The molecule has 1 aromatic heterocycles. The maximum absolute atomic E-state index is 5.78. The zero-order valence-electron chi connectivity index (χ0n) is 13.4. The molecule has 4 nitrogen and oxygen atoms in total. The molecule has 2 heterocycles. The van der Waals surface area contributed by atoms with Gasteiger partial charge in [0.05, 0.1) is 17.9 Å². The lowest BCUT2D eigenvalue weighted by Gasteiger charge is -2.34. The average Bonchev–Trinajstić information content (AvgIpc) is 2.87. The predicted molar refractivity (Wildman–Crippen MR) is 91.9 cm³/mol. The minimum absolute atomic E-state index is 0.299. The van der Waals surface area contributed by atoms with E-state index in [1.54, 1.807) is 11.3 Å². The number of ether oxygens (including phenoxy) is 1. The Hall–Kier alpha value is -1.43. The number of morpholine rings is 1. The van der Waals surface area contributed by atoms with Gasteiger partial charge in [-0.15, -0.1) is 11.3 Å². The first-order chi connectivity index (χ1) is 10.6. The first-order valence-corrected chi connectivity index (χ1v) is 8.62. The highest BCUT2D eigenvalue weighted by molar-refractivity contribution is 7.13. The molecule has 1 fully saturated rings. The first kappa shape index (κ1) is 15.5. The van der Waals surface area contributed by atoms with Gasteiger partial charge in [-0.1, -0.05) is 17.7 Å². The third-order valence-electron chi connectivity index (χ3n) is 3.74. The van der Waals surface area contributed by atoms with Gasteiger partial charge in [-0.3, -0.25) is 4.90 Å². The van der Waals surface area contributed by atoms with E-state index in [0.717, 1.165) is 36.1 Å². The molecule has 1 aliphatic rings. The molecule has 0 amide bonds. The summed E-state index contributed by atoms with van der Waals surface area (Å²) in [5.41, 5.74) is 3.47. The van der Waals surface area contributed by atoms with Crippen LogP contribution in [0.2, 0.25) is 0 Å². The standard InChI is InChI=1S/C17H23N3OS/c1-12-4-6-15(7-5-12)18-17-19-16(11-22-17)10-20-8-13(2)21-14(3)9-20/h4-7,11,13-14H,8-10H2,1-3H3,(H,18,19)/t13-,14+. The van der Waals surface area contributed by atoms with Crippen molar-refractivity contribution in [1.29, 1.82) is 0 Å². The van der Waals surface area contributed by atoms with Crippen LogP contribution in [0.3, 0.4) is 0 Å². The number of hydrogen-bond acceptors (Lipinski definition) is 5. The third kappa shape index (κ3) is 4.06. The van der Waals surface area contributed by atoms with E-state index < -0.39 is 0 Å². The highest BCUT2D eigenvalue weighted by atomic mass is 32.1. The van der Waals surface area contributed by atoms with Crippen molar-refractivity contribution >= 4 is 22.2 Å². The molecular weight excluding hydrogens is 294 g/mol. The van der Waals surface area contributed by atoms with Crippen LogP contribution in [0.1, 0.15) is 25.1 Å². The molecular formula is C17H23N3OS. The SMILES string of the molecule is Cc1ccc(Nc2nc(CN3C[C@@H](C)O[C@@H](C)C3)cs2)cc1. The van der Waals surface area contributed by atoms with Crippen LogP contribution in [-0.2, 0) is 11.3 Å². The average molecular weight is 317 g/mol. The van der Waals surface area contributed by atoms with E-state index in [0.29, 0.717) is 12.2 Å². The molecule has 0 unspecified atom stereocenters. The summed E-state index contributed by atoms with van der Waals surface area (Å²) < 4.78 is 5.78. The molecule has 118 valence electrons. The van der Waals surface area contributed by atoms with Crippen LogP contribution in [0.4, 0.5) is 10.8 Å². The van der Waals surface area contributed by atoms with Gasteiger partial charge in [0.25, 0.3) is 0 Å². The topological polar surface area (TPSA) is 37.4 Å². The minimum Gasteiger partial charge on any atom is -0.373 e. The lowest BCUT2D eigenvalue weighted by Crippen LogP contribution is -2.44. The van der Waals surface area contributed by atoms with Crippen LogP contribution < -0.4 is 5.32 Å². The Morgan fingerprint density at radius 2 is 1.91 bits per heavy atom. The van der Waals surface area contributed by atoms with E-state index in [-0.39, 0.29) is 0 Å². The van der Waals surface area contributed by atoms with Crippen molar-refractivity contribution in [3.05, 3.63) is 40.9 Å². The first-order valence-electron chi connectivity index (χ1n) is 7.74. The normalized spacial score (nSPS) is 22.7. The maximum Gasteiger partial charge on any atom is 0.187 e. The van der Waals surface area contributed by atoms with Crippen molar-refractivity contribution in [1.82, 2.24) is 9.88 Å². The van der Waals surface area contributed by atoms with Gasteiger partial charge in [0.2, 0.25) is 0 Å². The number of thiazole rings is 1. The zero-order chi connectivity index (χ0) is 15.5. The van der Waals surface area contributed by atoms with Crippen LogP contribution in [0.15, 0.2) is 29.6 Å². The lowest BCUT2D eigenvalue weighted by molar-refractivity contribution is -0.0707. The van der Waals surface area contributed by atoms with Crippen LogP contribution in [-0.4, -0.2) is 35.2 Å². The van der Waals surface area contributed by atoms with E-state index in [2.05, 4.69) is 60.6 Å². The van der Waals surface area contributed by atoms with Gasteiger partial charge in [0.1, 0.15) is 0 Å². The van der Waals surface area contributed by atoms with E-state index >= 15 is 0 Å². The fourth-order valence-corrected chi connectivity index (χ4v) is 3.56. The van der Waals surface area contributed by atoms with Crippen LogP contribution >= 0.6 is 11.3 Å². The second-order valence-corrected chi connectivity index (χ2v) is 6.94. The largest absolute Gasteiger partial charge is 0.373 e. The predicted octanol–water partition coefficient (Wildman–Crippen LogP) is 3.80. The van der Waals surface area contributed by atoms with Crippen molar-refractivity contribution in [3.63, 3.8) is 0 Å². The number of nitrogens with one attached hydrogen (secondary N) is 1. The number of aromatic nitrogens is 1. The van der Waals surface area contributed by atoms with Crippen LogP contribution in [0.5, 0.6) is 0 Å². The Morgan fingerprint density at radius 3 is 2.59 bits per heavy atom. The van der Waals surface area contributed by atoms with Gasteiger partial charge < -0.3 is 10.1 Å². The summed E-state index contributed by atoms with van der Waals surface area (Å²) in [5.74, 6) is 0. The Bertz CT molecular complexity index is 601. The molecule has 1 N–H and O–H groups in total. The number of aryl methyl sites for hydroxylation is 1. The van der Waals surface area contributed by atoms with Crippen molar-refractivity contribution in [2.24, 2.45) is 0 Å². The minimum atomic E-state index is 0.299. The van der Waals surface area contributed by atoms with Crippen molar-refractivity contribution < 1.29 is 4.74 Å². The van der Waals surface area contributed by atoms with Gasteiger partial charge in [-0.25, -0.2) is 4.98 Å². The van der Waals surface area contributed by atoms with Crippen LogP contribution in [0.25, 0.3) is 0 Å². The fourth-order valence-electron chi connectivity index (χ4n) is 2.84. The summed E-state index contributed by atoms with van der Waals surface area (Å²) in [4.78, 5) is 7.12. The molecule has 3 rings (SSSR count). The second-order valence-electron chi connectivity index (χ2n) is 6.09. The van der Waals surface area contributed by atoms with Crippen molar-refractivity contribution in [3.8, 4) is 0 Å². The second kappa shape index (κ2) is 6.77. The zero-order valence-corrected chi connectivity index (χ0v) is 14.2. The van der Waals surface area contributed by atoms with Crippen molar-refractivity contribution in [2.45, 2.75) is 39.5 Å². The molecule has 1 aromatic carbocycles. The van der Waals surface area contributed by atoms with Crippen LogP contribution in [0, 0.1) is 6.92 Å². The number of rotatable bonds is 4. The van der Waals surface area contributed by atoms with E-state index in [1.807, 2.05) is 0 Å². The molecule has 0 bridgehead atoms.